The van der Waals surface area contributed by atoms with Gasteiger partial charge in [-0.2, -0.15) is 0 Å². The largest absolute Gasteiger partial charge is 0.389 e. The first-order chi connectivity index (χ1) is 3.72. The molecule has 0 aliphatic heterocycles. The Labute approximate surface area is 48.1 Å². The highest BCUT2D eigenvalue weighted by atomic mass is 16.3. The summed E-state index contributed by atoms with van der Waals surface area (Å²) in [4.78, 5) is 0. The lowest BCUT2D eigenvalue weighted by Crippen LogP contribution is -2.38. The predicted molar refractivity (Wildman–Crippen MR) is 30.1 cm³/mol. The summed E-state index contributed by atoms with van der Waals surface area (Å²) in [5.41, 5.74) is 9.97. The van der Waals surface area contributed by atoms with Gasteiger partial charge in [0.1, 0.15) is 0 Å². The third-order valence-electron chi connectivity index (χ3n) is 0.927. The molecule has 0 heterocycles. The number of nitrogens with two attached hydrogens (primary N) is 2. The zero-order chi connectivity index (χ0) is 6.57. The first-order valence-corrected chi connectivity index (χ1v) is 2.48. The maximum atomic E-state index is 8.67. The van der Waals surface area contributed by atoms with Gasteiger partial charge in [0.05, 0.1) is 12.2 Å². The highest BCUT2D eigenvalue weighted by Crippen LogP contribution is 1.85. The van der Waals surface area contributed by atoms with Crippen molar-refractivity contribution in [1.82, 2.24) is 0 Å². The Hall–Kier alpha value is -0.160. The van der Waals surface area contributed by atoms with Crippen molar-refractivity contribution in [3.63, 3.8) is 0 Å². The maximum Gasteiger partial charge on any atom is 0.0933 e. The van der Waals surface area contributed by atoms with Crippen LogP contribution in [0.4, 0.5) is 0 Å². The molecule has 2 unspecified atom stereocenters. The Morgan fingerprint density at radius 2 is 1.25 bits per heavy atom. The fourth-order valence-corrected chi connectivity index (χ4v) is 0.314. The average molecular weight is 120 g/mol. The first-order valence-electron chi connectivity index (χ1n) is 2.48. The lowest BCUT2D eigenvalue weighted by Gasteiger charge is -2.12. The summed E-state index contributed by atoms with van der Waals surface area (Å²) in [5, 5.41) is 17.3. The van der Waals surface area contributed by atoms with E-state index in [9.17, 15) is 0 Å². The number of aliphatic hydroxyl groups excluding tert-OH is 2. The van der Waals surface area contributed by atoms with Gasteiger partial charge in [0.25, 0.3) is 0 Å². The second kappa shape index (κ2) is 3.80. The quantitative estimate of drug-likeness (QED) is 0.335. The van der Waals surface area contributed by atoms with Gasteiger partial charge in [0, 0.05) is 13.1 Å². The Morgan fingerprint density at radius 3 is 1.38 bits per heavy atom. The molecule has 0 aromatic rings. The van der Waals surface area contributed by atoms with Crippen molar-refractivity contribution in [3.8, 4) is 0 Å². The molecule has 6 N–H and O–H groups in total. The van der Waals surface area contributed by atoms with Crippen LogP contribution in [-0.4, -0.2) is 35.5 Å². The normalized spacial score (nSPS) is 18.0. The molecule has 0 amide bonds. The summed E-state index contributed by atoms with van der Waals surface area (Å²) >= 11 is 0. The molecule has 0 aromatic carbocycles. The second-order valence-corrected chi connectivity index (χ2v) is 1.61. The van der Waals surface area contributed by atoms with Crippen LogP contribution in [0.25, 0.3) is 0 Å². The molecule has 0 saturated heterocycles. The molecule has 0 fully saturated rings. The molecular formula is C4H12N2O2. The van der Waals surface area contributed by atoms with Crippen LogP contribution in [0, 0.1) is 0 Å². The highest BCUT2D eigenvalue weighted by molar-refractivity contribution is 4.66. The van der Waals surface area contributed by atoms with Gasteiger partial charge >= 0.3 is 0 Å². The minimum absolute atomic E-state index is 0.0539. The van der Waals surface area contributed by atoms with E-state index in [-0.39, 0.29) is 13.1 Å². The van der Waals surface area contributed by atoms with E-state index in [4.69, 9.17) is 21.7 Å². The minimum Gasteiger partial charge on any atom is -0.389 e. The van der Waals surface area contributed by atoms with Crippen LogP contribution in [0.15, 0.2) is 0 Å². The van der Waals surface area contributed by atoms with Crippen LogP contribution < -0.4 is 11.5 Å². The zero-order valence-electron chi connectivity index (χ0n) is 4.62. The molecule has 2 atom stereocenters. The van der Waals surface area contributed by atoms with Crippen LogP contribution >= 0.6 is 0 Å². The Bertz CT molecular complexity index is 52.0. The molecule has 0 aliphatic rings. The predicted octanol–water partition coefficient (Wildman–Crippen LogP) is -2.37. The van der Waals surface area contributed by atoms with Crippen molar-refractivity contribution in [3.05, 3.63) is 0 Å². The topological polar surface area (TPSA) is 92.5 Å². The van der Waals surface area contributed by atoms with E-state index in [0.717, 1.165) is 0 Å². The molecule has 0 saturated carbocycles. The summed E-state index contributed by atoms with van der Waals surface area (Å²) in [7, 11) is 0. The number of hydrogen-bond donors (Lipinski definition) is 4. The number of aliphatic hydroxyl groups is 2. The molecule has 0 rings (SSSR count). The van der Waals surface area contributed by atoms with Gasteiger partial charge in [-0.05, 0) is 0 Å². The molecule has 50 valence electrons. The molecule has 4 nitrogen and oxygen atoms in total. The molecule has 0 radical (unpaired) electrons. The van der Waals surface area contributed by atoms with Crippen molar-refractivity contribution >= 4 is 0 Å². The molecule has 0 spiro atoms. The van der Waals surface area contributed by atoms with Crippen molar-refractivity contribution < 1.29 is 10.2 Å². The van der Waals surface area contributed by atoms with Gasteiger partial charge < -0.3 is 21.7 Å². The molecule has 0 aromatic heterocycles. The minimum atomic E-state index is -0.875. The lowest BCUT2D eigenvalue weighted by molar-refractivity contribution is 0.0312. The SMILES string of the molecule is NCC(O)C(O)CN. The lowest BCUT2D eigenvalue weighted by atomic mass is 10.2. The number of rotatable bonds is 3. The van der Waals surface area contributed by atoms with Gasteiger partial charge in [0.15, 0.2) is 0 Å². The van der Waals surface area contributed by atoms with Crippen molar-refractivity contribution in [1.29, 1.82) is 0 Å². The smallest absolute Gasteiger partial charge is 0.0933 e. The van der Waals surface area contributed by atoms with Gasteiger partial charge in [-0.1, -0.05) is 0 Å². The molecule has 0 aliphatic carbocycles. The summed E-state index contributed by atoms with van der Waals surface area (Å²) in [6.07, 6.45) is -1.75. The molecule has 8 heavy (non-hydrogen) atoms. The monoisotopic (exact) mass is 120 g/mol. The van der Waals surface area contributed by atoms with Crippen molar-refractivity contribution in [2.24, 2.45) is 11.5 Å². The van der Waals surface area contributed by atoms with Gasteiger partial charge in [-0.15, -0.1) is 0 Å². The van der Waals surface area contributed by atoms with E-state index in [1.165, 1.54) is 0 Å². The van der Waals surface area contributed by atoms with E-state index < -0.39 is 12.2 Å². The number of hydrogen-bond acceptors (Lipinski definition) is 4. The second-order valence-electron chi connectivity index (χ2n) is 1.61. The van der Waals surface area contributed by atoms with E-state index >= 15 is 0 Å². The average Bonchev–Trinajstić information content (AvgIpc) is 1.84. The van der Waals surface area contributed by atoms with E-state index in [1.807, 2.05) is 0 Å². The summed E-state index contributed by atoms with van der Waals surface area (Å²) in [6.45, 7) is 0.108. The maximum absolute atomic E-state index is 8.67. The van der Waals surface area contributed by atoms with Crippen molar-refractivity contribution in [2.75, 3.05) is 13.1 Å². The Balaban J connectivity index is 3.29. The van der Waals surface area contributed by atoms with E-state index in [0.29, 0.717) is 0 Å². The Kier molecular flexibility index (Phi) is 3.72. The van der Waals surface area contributed by atoms with Gasteiger partial charge in [-0.3, -0.25) is 0 Å². The standard InChI is InChI=1S/C4H12N2O2/c5-1-3(7)4(8)2-6/h3-4,7-8H,1-2,5-6H2. The Morgan fingerprint density at radius 1 is 1.00 bits per heavy atom. The van der Waals surface area contributed by atoms with Crippen LogP contribution in [0.5, 0.6) is 0 Å². The fraction of sp³-hybridized carbons (Fsp3) is 1.00. The van der Waals surface area contributed by atoms with Crippen molar-refractivity contribution in [2.45, 2.75) is 12.2 Å². The molecular weight excluding hydrogens is 108 g/mol. The van der Waals surface area contributed by atoms with Crippen LogP contribution in [0.1, 0.15) is 0 Å². The van der Waals surface area contributed by atoms with Gasteiger partial charge in [-0.25, -0.2) is 0 Å². The van der Waals surface area contributed by atoms with Crippen LogP contribution in [0.3, 0.4) is 0 Å². The van der Waals surface area contributed by atoms with E-state index in [1.54, 1.807) is 0 Å². The zero-order valence-corrected chi connectivity index (χ0v) is 4.62. The molecule has 4 heteroatoms. The molecule has 0 bridgehead atoms. The third kappa shape index (κ3) is 2.23. The summed E-state index contributed by atoms with van der Waals surface area (Å²) < 4.78 is 0. The van der Waals surface area contributed by atoms with E-state index in [2.05, 4.69) is 0 Å². The third-order valence-corrected chi connectivity index (χ3v) is 0.927. The summed E-state index contributed by atoms with van der Waals surface area (Å²) in [6, 6.07) is 0. The van der Waals surface area contributed by atoms with Crippen LogP contribution in [-0.2, 0) is 0 Å². The first kappa shape index (κ1) is 7.84. The van der Waals surface area contributed by atoms with Gasteiger partial charge in [0.2, 0.25) is 0 Å². The fourth-order valence-electron chi connectivity index (χ4n) is 0.314. The highest BCUT2D eigenvalue weighted by Gasteiger charge is 2.10. The summed E-state index contributed by atoms with van der Waals surface area (Å²) in [5.74, 6) is 0. The van der Waals surface area contributed by atoms with Crippen LogP contribution in [0.2, 0.25) is 0 Å².